The van der Waals surface area contributed by atoms with Crippen LogP contribution < -0.4 is 15.4 Å². The summed E-state index contributed by atoms with van der Waals surface area (Å²) in [4.78, 5) is 8.82. The van der Waals surface area contributed by atoms with Crippen molar-refractivity contribution in [1.29, 1.82) is 0 Å². The molecule has 1 aromatic heterocycles. The molecule has 0 aliphatic rings. The van der Waals surface area contributed by atoms with Crippen molar-refractivity contribution in [2.45, 2.75) is 19.5 Å². The smallest absolute Gasteiger partial charge is 0.191 e. The number of rotatable bonds is 10. The molecular formula is C24H29N5O. The first-order valence-corrected chi connectivity index (χ1v) is 10.1. The first-order chi connectivity index (χ1) is 14.8. The third-order valence-electron chi connectivity index (χ3n) is 4.64. The molecule has 156 valence electrons. The van der Waals surface area contributed by atoms with Gasteiger partial charge in [-0.25, -0.2) is 4.98 Å². The summed E-state index contributed by atoms with van der Waals surface area (Å²) < 4.78 is 7.90. The van der Waals surface area contributed by atoms with Gasteiger partial charge in [0.25, 0.3) is 0 Å². The van der Waals surface area contributed by atoms with Crippen molar-refractivity contribution in [3.63, 3.8) is 0 Å². The summed E-state index contributed by atoms with van der Waals surface area (Å²) in [5.74, 6) is 2.64. The monoisotopic (exact) mass is 403 g/mol. The number of imidazole rings is 1. The van der Waals surface area contributed by atoms with Crippen LogP contribution in [0.4, 0.5) is 0 Å². The van der Waals surface area contributed by atoms with E-state index in [0.717, 1.165) is 42.6 Å². The highest BCUT2D eigenvalue weighted by atomic mass is 16.5. The van der Waals surface area contributed by atoms with Crippen LogP contribution in [0.5, 0.6) is 5.75 Å². The van der Waals surface area contributed by atoms with E-state index in [9.17, 15) is 0 Å². The minimum Gasteiger partial charge on any atom is -0.489 e. The Balaban J connectivity index is 1.49. The van der Waals surface area contributed by atoms with E-state index in [1.54, 1.807) is 13.1 Å². The maximum absolute atomic E-state index is 5.71. The van der Waals surface area contributed by atoms with Gasteiger partial charge in [0, 0.05) is 51.1 Å². The molecule has 3 rings (SSSR count). The Morgan fingerprint density at radius 2 is 1.93 bits per heavy atom. The molecule has 0 aliphatic carbocycles. The van der Waals surface area contributed by atoms with Crippen molar-refractivity contribution in [2.24, 2.45) is 4.99 Å². The molecule has 0 aliphatic heterocycles. The molecule has 0 saturated carbocycles. The number of ether oxygens (including phenoxy) is 1. The number of aliphatic imine (C=N–C) groups is 1. The van der Waals surface area contributed by atoms with Gasteiger partial charge < -0.3 is 19.9 Å². The predicted octanol–water partition coefficient (Wildman–Crippen LogP) is 3.40. The molecule has 0 radical (unpaired) electrons. The Kier molecular flexibility index (Phi) is 8.09. The third-order valence-corrected chi connectivity index (χ3v) is 4.64. The van der Waals surface area contributed by atoms with Crippen LogP contribution in [-0.4, -0.2) is 35.7 Å². The average molecular weight is 404 g/mol. The number of hydrogen-bond acceptors (Lipinski definition) is 3. The molecule has 0 spiro atoms. The largest absolute Gasteiger partial charge is 0.489 e. The van der Waals surface area contributed by atoms with Gasteiger partial charge in [-0.3, -0.25) is 4.99 Å². The lowest BCUT2D eigenvalue weighted by Gasteiger charge is -2.14. The zero-order chi connectivity index (χ0) is 21.0. The lowest BCUT2D eigenvalue weighted by Crippen LogP contribution is -2.38. The Hall–Kier alpha value is -3.54. The minimum atomic E-state index is 0.486. The van der Waals surface area contributed by atoms with E-state index >= 15 is 0 Å². The van der Waals surface area contributed by atoms with Crippen LogP contribution in [0, 0.1) is 0 Å². The van der Waals surface area contributed by atoms with Crippen molar-refractivity contribution >= 4 is 5.96 Å². The van der Waals surface area contributed by atoms with Crippen LogP contribution in [0.2, 0.25) is 0 Å². The summed E-state index contributed by atoms with van der Waals surface area (Å²) >= 11 is 0. The molecule has 0 saturated heterocycles. The number of aromatic nitrogens is 2. The predicted molar refractivity (Wildman–Crippen MR) is 122 cm³/mol. The summed E-state index contributed by atoms with van der Waals surface area (Å²) in [7, 11) is 1.77. The van der Waals surface area contributed by atoms with Crippen molar-refractivity contribution < 1.29 is 4.74 Å². The molecule has 2 aromatic carbocycles. The van der Waals surface area contributed by atoms with Crippen LogP contribution in [-0.2, 0) is 19.5 Å². The quantitative estimate of drug-likeness (QED) is 0.309. The van der Waals surface area contributed by atoms with E-state index in [1.807, 2.05) is 42.7 Å². The molecule has 0 atom stereocenters. The first-order valence-electron chi connectivity index (χ1n) is 10.1. The van der Waals surface area contributed by atoms with Gasteiger partial charge >= 0.3 is 0 Å². The maximum Gasteiger partial charge on any atom is 0.191 e. The fraction of sp³-hybridized carbons (Fsp3) is 0.250. The molecule has 6 nitrogen and oxygen atoms in total. The van der Waals surface area contributed by atoms with Crippen LogP contribution in [0.1, 0.15) is 17.0 Å². The third kappa shape index (κ3) is 6.24. The van der Waals surface area contributed by atoms with E-state index in [2.05, 4.69) is 56.0 Å². The van der Waals surface area contributed by atoms with Gasteiger partial charge in [0.15, 0.2) is 5.96 Å². The molecule has 2 N–H and O–H groups in total. The zero-order valence-electron chi connectivity index (χ0n) is 17.4. The highest BCUT2D eigenvalue weighted by Gasteiger charge is 2.06. The van der Waals surface area contributed by atoms with E-state index in [-0.39, 0.29) is 0 Å². The maximum atomic E-state index is 5.71. The van der Waals surface area contributed by atoms with Gasteiger partial charge in [-0.15, -0.1) is 0 Å². The molecule has 0 unspecified atom stereocenters. The summed E-state index contributed by atoms with van der Waals surface area (Å²) in [5, 5.41) is 6.70. The average Bonchev–Trinajstić information content (AvgIpc) is 3.22. The lowest BCUT2D eigenvalue weighted by atomic mass is 10.2. The molecule has 6 heteroatoms. The Labute approximate surface area is 178 Å². The van der Waals surface area contributed by atoms with E-state index in [1.165, 1.54) is 5.56 Å². The van der Waals surface area contributed by atoms with Gasteiger partial charge in [-0.05, 0) is 11.6 Å². The summed E-state index contributed by atoms with van der Waals surface area (Å²) in [6.45, 7) is 6.37. The number of nitrogens with zero attached hydrogens (tertiary/aromatic N) is 3. The van der Waals surface area contributed by atoms with Crippen LogP contribution in [0.15, 0.2) is 84.6 Å². The SMILES string of the molecule is C=CCOc1ccccc1CNC(=NC)NCCc1nccn1Cc1ccccc1. The van der Waals surface area contributed by atoms with Gasteiger partial charge in [-0.1, -0.05) is 61.2 Å². The van der Waals surface area contributed by atoms with Gasteiger partial charge in [0.1, 0.15) is 18.2 Å². The standard InChI is InChI=1S/C24H29N5O/c1-3-17-30-22-12-8-7-11-21(22)18-28-24(25-2)27-14-13-23-26-15-16-29(23)19-20-9-5-4-6-10-20/h3-12,15-16H,1,13-14,17-19H2,2H3,(H2,25,27,28). The first kappa shape index (κ1) is 21.2. The topological polar surface area (TPSA) is 63.5 Å². The molecule has 3 aromatic rings. The van der Waals surface area contributed by atoms with Crippen molar-refractivity contribution in [2.75, 3.05) is 20.2 Å². The molecule has 1 heterocycles. The van der Waals surface area contributed by atoms with Crippen molar-refractivity contribution in [1.82, 2.24) is 20.2 Å². The zero-order valence-corrected chi connectivity index (χ0v) is 17.4. The molecular weight excluding hydrogens is 374 g/mol. The molecule has 0 bridgehead atoms. The van der Waals surface area contributed by atoms with Crippen LogP contribution >= 0.6 is 0 Å². The number of hydrogen-bond donors (Lipinski definition) is 2. The lowest BCUT2D eigenvalue weighted by molar-refractivity contribution is 0.358. The van der Waals surface area contributed by atoms with Crippen LogP contribution in [0.25, 0.3) is 0 Å². The van der Waals surface area contributed by atoms with Crippen LogP contribution in [0.3, 0.4) is 0 Å². The Bertz CT molecular complexity index is 949. The fourth-order valence-electron chi connectivity index (χ4n) is 3.12. The second-order valence-electron chi connectivity index (χ2n) is 6.77. The fourth-order valence-corrected chi connectivity index (χ4v) is 3.12. The summed E-state index contributed by atoms with van der Waals surface area (Å²) in [6, 6.07) is 18.4. The van der Waals surface area contributed by atoms with Gasteiger partial charge in [0.2, 0.25) is 0 Å². The molecule has 30 heavy (non-hydrogen) atoms. The molecule has 0 fully saturated rings. The molecule has 0 amide bonds. The van der Waals surface area contributed by atoms with E-state index < -0.39 is 0 Å². The number of guanidine groups is 1. The van der Waals surface area contributed by atoms with Gasteiger partial charge in [-0.2, -0.15) is 0 Å². The highest BCUT2D eigenvalue weighted by Crippen LogP contribution is 2.17. The second kappa shape index (κ2) is 11.5. The number of nitrogens with one attached hydrogen (secondary N) is 2. The number of benzene rings is 2. The van der Waals surface area contributed by atoms with E-state index in [0.29, 0.717) is 13.2 Å². The van der Waals surface area contributed by atoms with Crippen molar-refractivity contribution in [3.05, 3.63) is 96.6 Å². The second-order valence-corrected chi connectivity index (χ2v) is 6.77. The Morgan fingerprint density at radius 3 is 2.73 bits per heavy atom. The minimum absolute atomic E-state index is 0.486. The highest BCUT2D eigenvalue weighted by molar-refractivity contribution is 5.79. The van der Waals surface area contributed by atoms with Crippen molar-refractivity contribution in [3.8, 4) is 5.75 Å². The summed E-state index contributed by atoms with van der Waals surface area (Å²) in [6.07, 6.45) is 6.42. The summed E-state index contributed by atoms with van der Waals surface area (Å²) in [5.41, 5.74) is 2.33. The normalized spacial score (nSPS) is 11.2. The van der Waals surface area contributed by atoms with E-state index in [4.69, 9.17) is 4.74 Å². The number of para-hydroxylation sites is 1. The Morgan fingerprint density at radius 1 is 1.13 bits per heavy atom. The van der Waals surface area contributed by atoms with Gasteiger partial charge in [0.05, 0.1) is 0 Å².